The van der Waals surface area contributed by atoms with Gasteiger partial charge in [-0.1, -0.05) is 24.3 Å². The van der Waals surface area contributed by atoms with Crippen LogP contribution in [0.3, 0.4) is 0 Å². The maximum Gasteiger partial charge on any atom is 0.115 e. The van der Waals surface area contributed by atoms with Crippen LogP contribution in [0.2, 0.25) is 0 Å². The van der Waals surface area contributed by atoms with E-state index in [1.165, 1.54) is 12.4 Å². The Morgan fingerprint density at radius 1 is 1.06 bits per heavy atom. The van der Waals surface area contributed by atoms with Gasteiger partial charge in [-0.15, -0.1) is 0 Å². The van der Waals surface area contributed by atoms with Crippen molar-refractivity contribution in [3.63, 3.8) is 0 Å². The molecule has 1 radical (unpaired) electrons. The fraction of sp³-hybridized carbons (Fsp3) is 0. The second kappa shape index (κ2) is 4.66. The van der Waals surface area contributed by atoms with Crippen molar-refractivity contribution >= 4 is 6.08 Å². The van der Waals surface area contributed by atoms with Crippen molar-refractivity contribution in [2.75, 3.05) is 0 Å². The van der Waals surface area contributed by atoms with Crippen LogP contribution in [0.1, 0.15) is 5.56 Å². The topological polar surface area (TPSA) is 25.8 Å². The number of nitrogens with zero attached hydrogens (tertiary/aromatic N) is 2. The van der Waals surface area contributed by atoms with Gasteiger partial charge in [-0.2, -0.15) is 0 Å². The van der Waals surface area contributed by atoms with Gasteiger partial charge in [0.2, 0.25) is 0 Å². The van der Waals surface area contributed by atoms with E-state index in [2.05, 4.69) is 16.9 Å². The Labute approximate surface area is 93.5 Å². The van der Waals surface area contributed by atoms with E-state index in [4.69, 9.17) is 0 Å². The quantitative estimate of drug-likeness (QED) is 0.765. The molecule has 16 heavy (non-hydrogen) atoms. The Kier molecular flexibility index (Phi) is 3.05. The molecule has 1 aromatic carbocycles. The minimum atomic E-state index is -0.448. The third kappa shape index (κ3) is 2.51. The van der Waals surface area contributed by atoms with E-state index in [1.54, 1.807) is 12.4 Å². The Morgan fingerprint density at radius 3 is 2.25 bits per heavy atom. The van der Waals surface area contributed by atoms with Crippen LogP contribution < -0.4 is 0 Å². The van der Waals surface area contributed by atoms with Crippen LogP contribution in [-0.2, 0) is 0 Å². The minimum absolute atomic E-state index is 0.448. The molecular weight excluding hydrogens is 203 g/mol. The molecule has 0 aliphatic heterocycles. The number of hydrogen-bond donors (Lipinski definition) is 0. The first-order valence-electron chi connectivity index (χ1n) is 4.80. The maximum absolute atomic E-state index is 12.5. The summed E-state index contributed by atoms with van der Waals surface area (Å²) in [6.45, 7) is 3.19. The predicted molar refractivity (Wildman–Crippen MR) is 61.9 cm³/mol. The van der Waals surface area contributed by atoms with Gasteiger partial charge in [-0.25, -0.2) is 14.4 Å². The van der Waals surface area contributed by atoms with Crippen LogP contribution in [0.5, 0.6) is 0 Å². The van der Waals surface area contributed by atoms with E-state index >= 15 is 0 Å². The lowest BCUT2D eigenvalue weighted by Crippen LogP contribution is -1.82. The fourth-order valence-electron chi connectivity index (χ4n) is 1.40. The standard InChI is InChI=1S/C13H10FN2/c1-10(14)6-11-2-4-12(5-3-11)13-7-15-9-16-8-13/h2-9H,1H2/b10-6+. The van der Waals surface area contributed by atoms with Crippen molar-refractivity contribution in [1.82, 2.24) is 9.97 Å². The first-order chi connectivity index (χ1) is 7.75. The van der Waals surface area contributed by atoms with Crippen molar-refractivity contribution in [2.24, 2.45) is 0 Å². The van der Waals surface area contributed by atoms with E-state index in [-0.39, 0.29) is 0 Å². The predicted octanol–water partition coefficient (Wildman–Crippen LogP) is 3.29. The second-order valence-electron chi connectivity index (χ2n) is 3.34. The summed E-state index contributed by atoms with van der Waals surface area (Å²) < 4.78 is 12.5. The van der Waals surface area contributed by atoms with Gasteiger partial charge in [0.25, 0.3) is 0 Å². The zero-order valence-electron chi connectivity index (χ0n) is 8.60. The largest absolute Gasteiger partial charge is 0.244 e. The van der Waals surface area contributed by atoms with Gasteiger partial charge >= 0.3 is 0 Å². The molecule has 0 aliphatic carbocycles. The van der Waals surface area contributed by atoms with Crippen LogP contribution in [-0.4, -0.2) is 9.97 Å². The van der Waals surface area contributed by atoms with Crippen LogP contribution in [0.15, 0.2) is 48.8 Å². The van der Waals surface area contributed by atoms with E-state index in [0.29, 0.717) is 0 Å². The highest BCUT2D eigenvalue weighted by Gasteiger charge is 1.97. The molecule has 0 atom stereocenters. The molecule has 1 aromatic heterocycles. The number of hydrogen-bond acceptors (Lipinski definition) is 2. The lowest BCUT2D eigenvalue weighted by atomic mass is 10.1. The molecule has 79 valence electrons. The molecule has 0 N–H and O–H groups in total. The summed E-state index contributed by atoms with van der Waals surface area (Å²) in [6, 6.07) is 7.45. The number of halogens is 1. The fourth-order valence-corrected chi connectivity index (χ4v) is 1.40. The Bertz CT molecular complexity index is 485. The zero-order chi connectivity index (χ0) is 11.4. The van der Waals surface area contributed by atoms with Crippen molar-refractivity contribution in [1.29, 1.82) is 0 Å². The van der Waals surface area contributed by atoms with Crippen molar-refractivity contribution in [3.8, 4) is 11.1 Å². The molecule has 0 fully saturated rings. The lowest BCUT2D eigenvalue weighted by Gasteiger charge is -2.00. The molecular formula is C13H10FN2. The molecule has 1 heterocycles. The van der Waals surface area contributed by atoms with Gasteiger partial charge in [0, 0.05) is 24.9 Å². The van der Waals surface area contributed by atoms with Gasteiger partial charge in [-0.3, -0.25) is 0 Å². The van der Waals surface area contributed by atoms with E-state index in [1.807, 2.05) is 24.3 Å². The number of aromatic nitrogens is 2. The summed E-state index contributed by atoms with van der Waals surface area (Å²) in [4.78, 5) is 7.88. The summed E-state index contributed by atoms with van der Waals surface area (Å²) in [5.74, 6) is -0.448. The van der Waals surface area contributed by atoms with Crippen LogP contribution in [0.4, 0.5) is 4.39 Å². The van der Waals surface area contributed by atoms with Crippen molar-refractivity contribution < 1.29 is 4.39 Å². The van der Waals surface area contributed by atoms with Crippen LogP contribution >= 0.6 is 0 Å². The van der Waals surface area contributed by atoms with Crippen molar-refractivity contribution in [2.45, 2.75) is 0 Å². The summed E-state index contributed by atoms with van der Waals surface area (Å²) in [5, 5.41) is 0. The SMILES string of the molecule is [CH2]/C(F)=C\c1ccc(-c2cncnc2)cc1. The first kappa shape index (κ1) is 10.5. The molecule has 0 amide bonds. The van der Waals surface area contributed by atoms with Crippen LogP contribution in [0, 0.1) is 6.92 Å². The molecule has 0 saturated heterocycles. The van der Waals surface area contributed by atoms with Crippen LogP contribution in [0.25, 0.3) is 17.2 Å². The third-order valence-electron chi connectivity index (χ3n) is 2.13. The monoisotopic (exact) mass is 213 g/mol. The summed E-state index contributed by atoms with van der Waals surface area (Å²) in [5.41, 5.74) is 2.73. The zero-order valence-corrected chi connectivity index (χ0v) is 8.60. The smallest absolute Gasteiger partial charge is 0.115 e. The Morgan fingerprint density at radius 2 is 1.69 bits per heavy atom. The summed E-state index contributed by atoms with van der Waals surface area (Å²) in [6.07, 6.45) is 6.34. The van der Waals surface area contributed by atoms with Gasteiger partial charge in [0.1, 0.15) is 12.2 Å². The Hall–Kier alpha value is -2.03. The van der Waals surface area contributed by atoms with Gasteiger partial charge in [-0.05, 0) is 17.2 Å². The number of rotatable bonds is 2. The number of benzene rings is 1. The molecule has 0 aliphatic rings. The van der Waals surface area contributed by atoms with Gasteiger partial charge < -0.3 is 0 Å². The molecule has 0 unspecified atom stereocenters. The van der Waals surface area contributed by atoms with E-state index in [9.17, 15) is 4.39 Å². The summed E-state index contributed by atoms with van der Waals surface area (Å²) in [7, 11) is 0. The normalized spacial score (nSPS) is 11.5. The second-order valence-corrected chi connectivity index (χ2v) is 3.34. The minimum Gasteiger partial charge on any atom is -0.244 e. The highest BCUT2D eigenvalue weighted by molar-refractivity contribution is 5.64. The molecule has 2 rings (SSSR count). The maximum atomic E-state index is 12.5. The Balaban J connectivity index is 2.30. The van der Waals surface area contributed by atoms with Gasteiger partial charge in [0.15, 0.2) is 0 Å². The first-order valence-corrected chi connectivity index (χ1v) is 4.80. The highest BCUT2D eigenvalue weighted by Crippen LogP contribution is 2.18. The molecule has 3 heteroatoms. The molecule has 0 spiro atoms. The molecule has 2 nitrogen and oxygen atoms in total. The lowest BCUT2D eigenvalue weighted by molar-refractivity contribution is 0.673. The third-order valence-corrected chi connectivity index (χ3v) is 2.13. The molecule has 2 aromatic rings. The van der Waals surface area contributed by atoms with Crippen molar-refractivity contribution in [3.05, 3.63) is 61.3 Å². The average Bonchev–Trinajstić information content (AvgIpc) is 2.30. The average molecular weight is 213 g/mol. The van der Waals surface area contributed by atoms with E-state index in [0.717, 1.165) is 16.7 Å². The molecule has 0 saturated carbocycles. The molecule has 0 bridgehead atoms. The summed E-state index contributed by atoms with van der Waals surface area (Å²) >= 11 is 0. The van der Waals surface area contributed by atoms with Gasteiger partial charge in [0.05, 0.1) is 0 Å². The highest BCUT2D eigenvalue weighted by atomic mass is 19.1. The number of allylic oxidation sites excluding steroid dienone is 1. The van der Waals surface area contributed by atoms with E-state index < -0.39 is 5.83 Å².